The van der Waals surface area contributed by atoms with Crippen molar-refractivity contribution in [2.75, 3.05) is 13.1 Å². The molecule has 1 rings (SSSR count). The molecule has 2 N–H and O–H groups in total. The normalized spacial score (nSPS) is 21.3. The minimum Gasteiger partial charge on any atom is -0.355 e. The molecule has 0 saturated carbocycles. The van der Waals surface area contributed by atoms with Crippen molar-refractivity contribution in [3.05, 3.63) is 0 Å². The molecule has 1 aliphatic heterocycles. The summed E-state index contributed by atoms with van der Waals surface area (Å²) in [5.41, 5.74) is 0. The van der Waals surface area contributed by atoms with Crippen LogP contribution in [-0.4, -0.2) is 25.0 Å². The SMILES string of the molecule is CCCCCCNC(=O)C1CCCCN1. The third kappa shape index (κ3) is 5.17. The van der Waals surface area contributed by atoms with Crippen molar-refractivity contribution < 1.29 is 4.79 Å². The summed E-state index contributed by atoms with van der Waals surface area (Å²) in [6.45, 7) is 4.04. The maximum Gasteiger partial charge on any atom is 0.237 e. The van der Waals surface area contributed by atoms with Crippen LogP contribution in [0.25, 0.3) is 0 Å². The van der Waals surface area contributed by atoms with E-state index in [1.165, 1.54) is 32.1 Å². The van der Waals surface area contributed by atoms with Crippen molar-refractivity contribution in [3.8, 4) is 0 Å². The average molecular weight is 212 g/mol. The number of amides is 1. The van der Waals surface area contributed by atoms with Gasteiger partial charge in [-0.2, -0.15) is 0 Å². The average Bonchev–Trinajstić information content (AvgIpc) is 2.30. The predicted octanol–water partition coefficient (Wildman–Crippen LogP) is 1.82. The lowest BCUT2D eigenvalue weighted by Gasteiger charge is -2.22. The van der Waals surface area contributed by atoms with E-state index in [1.807, 2.05) is 0 Å². The van der Waals surface area contributed by atoms with E-state index in [0.29, 0.717) is 0 Å². The first-order valence-electron chi connectivity index (χ1n) is 6.35. The second kappa shape index (κ2) is 7.69. The Bertz CT molecular complexity index is 176. The molecule has 1 amide bonds. The third-order valence-electron chi connectivity index (χ3n) is 2.96. The molecule has 0 spiro atoms. The highest BCUT2D eigenvalue weighted by Gasteiger charge is 2.19. The van der Waals surface area contributed by atoms with Crippen molar-refractivity contribution in [1.82, 2.24) is 10.6 Å². The number of hydrogen-bond acceptors (Lipinski definition) is 2. The van der Waals surface area contributed by atoms with Gasteiger partial charge in [0.2, 0.25) is 5.91 Å². The largest absolute Gasteiger partial charge is 0.355 e. The van der Waals surface area contributed by atoms with E-state index in [1.54, 1.807) is 0 Å². The number of rotatable bonds is 6. The summed E-state index contributed by atoms with van der Waals surface area (Å²) in [6.07, 6.45) is 8.26. The predicted molar refractivity (Wildman–Crippen MR) is 62.8 cm³/mol. The van der Waals surface area contributed by atoms with Gasteiger partial charge in [0, 0.05) is 6.54 Å². The maximum absolute atomic E-state index is 11.7. The van der Waals surface area contributed by atoms with Crippen LogP contribution >= 0.6 is 0 Å². The highest BCUT2D eigenvalue weighted by Crippen LogP contribution is 2.06. The van der Waals surface area contributed by atoms with Crippen LogP contribution in [-0.2, 0) is 4.79 Å². The van der Waals surface area contributed by atoms with Crippen molar-refractivity contribution in [3.63, 3.8) is 0 Å². The topological polar surface area (TPSA) is 41.1 Å². The molecule has 1 saturated heterocycles. The smallest absolute Gasteiger partial charge is 0.237 e. The van der Waals surface area contributed by atoms with Crippen LogP contribution in [0, 0.1) is 0 Å². The molecule has 1 unspecified atom stereocenters. The Morgan fingerprint density at radius 2 is 2.20 bits per heavy atom. The Kier molecular flexibility index (Phi) is 6.41. The highest BCUT2D eigenvalue weighted by atomic mass is 16.2. The lowest BCUT2D eigenvalue weighted by molar-refractivity contribution is -0.123. The molecule has 3 heteroatoms. The van der Waals surface area contributed by atoms with Gasteiger partial charge in [0.25, 0.3) is 0 Å². The van der Waals surface area contributed by atoms with E-state index >= 15 is 0 Å². The maximum atomic E-state index is 11.7. The van der Waals surface area contributed by atoms with Gasteiger partial charge in [-0.3, -0.25) is 4.79 Å². The van der Waals surface area contributed by atoms with Gasteiger partial charge in [-0.25, -0.2) is 0 Å². The van der Waals surface area contributed by atoms with Crippen LogP contribution in [0.15, 0.2) is 0 Å². The van der Waals surface area contributed by atoms with Gasteiger partial charge in [-0.1, -0.05) is 32.6 Å². The number of carbonyl (C=O) groups excluding carboxylic acids is 1. The molecule has 0 aliphatic carbocycles. The minimum atomic E-state index is 0.0740. The fourth-order valence-corrected chi connectivity index (χ4v) is 1.96. The van der Waals surface area contributed by atoms with Crippen LogP contribution in [0.5, 0.6) is 0 Å². The summed E-state index contributed by atoms with van der Waals surface area (Å²) in [7, 11) is 0. The van der Waals surface area contributed by atoms with E-state index in [9.17, 15) is 4.79 Å². The van der Waals surface area contributed by atoms with Crippen LogP contribution in [0.4, 0.5) is 0 Å². The molecular weight excluding hydrogens is 188 g/mol. The van der Waals surface area contributed by atoms with Gasteiger partial charge < -0.3 is 10.6 Å². The second-order valence-electron chi connectivity index (χ2n) is 4.35. The first kappa shape index (κ1) is 12.5. The second-order valence-corrected chi connectivity index (χ2v) is 4.35. The van der Waals surface area contributed by atoms with Crippen LogP contribution in [0.1, 0.15) is 51.9 Å². The molecule has 0 aromatic carbocycles. The molecule has 0 radical (unpaired) electrons. The van der Waals surface area contributed by atoms with Gasteiger partial charge in [0.05, 0.1) is 6.04 Å². The molecule has 3 nitrogen and oxygen atoms in total. The fourth-order valence-electron chi connectivity index (χ4n) is 1.96. The molecule has 0 aromatic heterocycles. The van der Waals surface area contributed by atoms with Crippen molar-refractivity contribution in [2.45, 2.75) is 57.9 Å². The third-order valence-corrected chi connectivity index (χ3v) is 2.96. The van der Waals surface area contributed by atoms with Crippen molar-refractivity contribution >= 4 is 5.91 Å². The molecular formula is C12H24N2O. The summed E-state index contributed by atoms with van der Waals surface area (Å²) in [4.78, 5) is 11.7. The quantitative estimate of drug-likeness (QED) is 0.659. The lowest BCUT2D eigenvalue weighted by atomic mass is 10.0. The van der Waals surface area contributed by atoms with E-state index in [0.717, 1.165) is 25.9 Å². The summed E-state index contributed by atoms with van der Waals surface area (Å²) >= 11 is 0. The Morgan fingerprint density at radius 3 is 2.87 bits per heavy atom. The van der Waals surface area contributed by atoms with E-state index in [-0.39, 0.29) is 11.9 Å². The minimum absolute atomic E-state index is 0.0740. The number of unbranched alkanes of at least 4 members (excludes halogenated alkanes) is 3. The molecule has 15 heavy (non-hydrogen) atoms. The molecule has 1 heterocycles. The number of hydrogen-bond donors (Lipinski definition) is 2. The first-order valence-corrected chi connectivity index (χ1v) is 6.35. The standard InChI is InChI=1S/C12H24N2O/c1-2-3-4-6-10-14-12(15)11-8-5-7-9-13-11/h11,13H,2-10H2,1H3,(H,14,15). The van der Waals surface area contributed by atoms with Crippen LogP contribution in [0.2, 0.25) is 0 Å². The zero-order valence-electron chi connectivity index (χ0n) is 9.85. The van der Waals surface area contributed by atoms with Gasteiger partial charge >= 0.3 is 0 Å². The van der Waals surface area contributed by atoms with Crippen molar-refractivity contribution in [1.29, 1.82) is 0 Å². The zero-order chi connectivity index (χ0) is 10.9. The summed E-state index contributed by atoms with van der Waals surface area (Å²) < 4.78 is 0. The van der Waals surface area contributed by atoms with Gasteiger partial charge in [-0.05, 0) is 25.8 Å². The molecule has 88 valence electrons. The Hall–Kier alpha value is -0.570. The van der Waals surface area contributed by atoms with E-state index < -0.39 is 0 Å². The zero-order valence-corrected chi connectivity index (χ0v) is 9.85. The summed E-state index contributed by atoms with van der Waals surface area (Å²) in [6, 6.07) is 0.0740. The Labute approximate surface area is 93.0 Å². The van der Waals surface area contributed by atoms with E-state index in [2.05, 4.69) is 17.6 Å². The summed E-state index contributed by atoms with van der Waals surface area (Å²) in [5.74, 6) is 0.200. The van der Waals surface area contributed by atoms with Crippen molar-refractivity contribution in [2.24, 2.45) is 0 Å². The van der Waals surface area contributed by atoms with Crippen LogP contribution in [0.3, 0.4) is 0 Å². The number of carbonyl (C=O) groups is 1. The Morgan fingerprint density at radius 1 is 1.33 bits per heavy atom. The molecule has 1 aliphatic rings. The first-order chi connectivity index (χ1) is 7.34. The molecule has 0 bridgehead atoms. The fraction of sp³-hybridized carbons (Fsp3) is 0.917. The monoisotopic (exact) mass is 212 g/mol. The number of nitrogens with one attached hydrogen (secondary N) is 2. The number of piperidine rings is 1. The molecule has 1 fully saturated rings. The van der Waals surface area contributed by atoms with Gasteiger partial charge in [0.15, 0.2) is 0 Å². The van der Waals surface area contributed by atoms with E-state index in [4.69, 9.17) is 0 Å². The van der Waals surface area contributed by atoms with Gasteiger partial charge in [-0.15, -0.1) is 0 Å². The van der Waals surface area contributed by atoms with Crippen LogP contribution < -0.4 is 10.6 Å². The molecule has 1 atom stereocenters. The molecule has 0 aromatic rings. The highest BCUT2D eigenvalue weighted by molar-refractivity contribution is 5.81. The summed E-state index contributed by atoms with van der Waals surface area (Å²) in [5, 5.41) is 6.27. The Balaban J connectivity index is 2.02. The van der Waals surface area contributed by atoms with Gasteiger partial charge in [0.1, 0.15) is 0 Å². The lowest BCUT2D eigenvalue weighted by Crippen LogP contribution is -2.46.